The minimum atomic E-state index is 0.179. The van der Waals surface area contributed by atoms with Gasteiger partial charge in [0, 0.05) is 0 Å². The summed E-state index contributed by atoms with van der Waals surface area (Å²) in [5.41, 5.74) is 7.51. The van der Waals surface area contributed by atoms with Crippen LogP contribution in [0.3, 0.4) is 0 Å². The molecule has 0 spiro atoms. The van der Waals surface area contributed by atoms with E-state index in [4.69, 9.17) is 5.73 Å². The number of hydrogen-bond donors (Lipinski definition) is 3. The molecule has 5 heteroatoms. The standard InChI is InChI=1S/C11H12N4O/c1-7-9(6-13-11(12)14-7)15-8-4-2-3-5-10(8)16/h2-6,15-16H,1H3,(H2,12,13,14). The summed E-state index contributed by atoms with van der Waals surface area (Å²) in [6, 6.07) is 6.96. The molecule has 0 aliphatic carbocycles. The highest BCUT2D eigenvalue weighted by Gasteiger charge is 2.04. The Bertz CT molecular complexity index is 513. The van der Waals surface area contributed by atoms with Crippen molar-refractivity contribution in [2.45, 2.75) is 6.92 Å². The highest BCUT2D eigenvalue weighted by atomic mass is 16.3. The van der Waals surface area contributed by atoms with Crippen molar-refractivity contribution in [3.8, 4) is 5.75 Å². The van der Waals surface area contributed by atoms with E-state index in [1.54, 1.807) is 24.4 Å². The average Bonchev–Trinajstić information content (AvgIpc) is 2.25. The lowest BCUT2D eigenvalue weighted by Gasteiger charge is -2.09. The second-order valence-corrected chi connectivity index (χ2v) is 3.37. The second kappa shape index (κ2) is 4.06. The van der Waals surface area contributed by atoms with E-state index in [-0.39, 0.29) is 11.7 Å². The Labute approximate surface area is 93.0 Å². The molecular formula is C11H12N4O. The van der Waals surface area contributed by atoms with Gasteiger partial charge in [-0.3, -0.25) is 0 Å². The minimum Gasteiger partial charge on any atom is -0.506 e. The van der Waals surface area contributed by atoms with Crippen molar-refractivity contribution in [2.75, 3.05) is 11.1 Å². The maximum atomic E-state index is 9.59. The number of para-hydroxylation sites is 2. The van der Waals surface area contributed by atoms with Gasteiger partial charge in [-0.25, -0.2) is 9.97 Å². The number of benzene rings is 1. The van der Waals surface area contributed by atoms with Gasteiger partial charge in [0.2, 0.25) is 5.95 Å². The number of aromatic nitrogens is 2. The van der Waals surface area contributed by atoms with Gasteiger partial charge in [0.1, 0.15) is 5.75 Å². The van der Waals surface area contributed by atoms with Crippen molar-refractivity contribution in [1.82, 2.24) is 9.97 Å². The van der Waals surface area contributed by atoms with Crippen molar-refractivity contribution in [3.63, 3.8) is 0 Å². The fraction of sp³-hybridized carbons (Fsp3) is 0.0909. The molecule has 0 aliphatic rings. The van der Waals surface area contributed by atoms with Crippen LogP contribution >= 0.6 is 0 Å². The highest BCUT2D eigenvalue weighted by Crippen LogP contribution is 2.26. The van der Waals surface area contributed by atoms with E-state index in [9.17, 15) is 5.11 Å². The van der Waals surface area contributed by atoms with Crippen LogP contribution in [0.4, 0.5) is 17.3 Å². The molecule has 0 bridgehead atoms. The van der Waals surface area contributed by atoms with Gasteiger partial charge in [-0.15, -0.1) is 0 Å². The van der Waals surface area contributed by atoms with Crippen LogP contribution in [-0.4, -0.2) is 15.1 Å². The van der Waals surface area contributed by atoms with Crippen molar-refractivity contribution in [2.24, 2.45) is 0 Å². The number of rotatable bonds is 2. The van der Waals surface area contributed by atoms with Crippen LogP contribution in [-0.2, 0) is 0 Å². The number of phenolic OH excluding ortho intramolecular Hbond substituents is 1. The molecule has 0 unspecified atom stereocenters. The summed E-state index contributed by atoms with van der Waals surface area (Å²) >= 11 is 0. The third-order valence-corrected chi connectivity index (χ3v) is 2.17. The second-order valence-electron chi connectivity index (χ2n) is 3.37. The lowest BCUT2D eigenvalue weighted by molar-refractivity contribution is 0.478. The van der Waals surface area contributed by atoms with E-state index < -0.39 is 0 Å². The SMILES string of the molecule is Cc1nc(N)ncc1Nc1ccccc1O. The van der Waals surface area contributed by atoms with Gasteiger partial charge in [-0.1, -0.05) is 12.1 Å². The first-order chi connectivity index (χ1) is 7.66. The molecule has 0 atom stereocenters. The highest BCUT2D eigenvalue weighted by molar-refractivity contribution is 5.66. The molecule has 16 heavy (non-hydrogen) atoms. The third kappa shape index (κ3) is 2.03. The molecule has 0 saturated heterocycles. The van der Waals surface area contributed by atoms with Gasteiger partial charge in [-0.2, -0.15) is 0 Å². The molecule has 0 amide bonds. The maximum Gasteiger partial charge on any atom is 0.220 e. The zero-order valence-electron chi connectivity index (χ0n) is 8.81. The first-order valence-corrected chi connectivity index (χ1v) is 4.81. The Morgan fingerprint density at radius 1 is 1.25 bits per heavy atom. The Kier molecular flexibility index (Phi) is 2.59. The number of nitrogens with zero attached hydrogens (tertiary/aromatic N) is 2. The predicted molar refractivity (Wildman–Crippen MR) is 62.6 cm³/mol. The molecule has 1 aromatic heterocycles. The quantitative estimate of drug-likeness (QED) is 0.667. The van der Waals surface area contributed by atoms with Crippen molar-refractivity contribution in [3.05, 3.63) is 36.2 Å². The Hall–Kier alpha value is -2.30. The van der Waals surface area contributed by atoms with Gasteiger partial charge < -0.3 is 16.2 Å². The molecule has 2 rings (SSSR count). The summed E-state index contributed by atoms with van der Waals surface area (Å²) in [6.07, 6.45) is 1.59. The van der Waals surface area contributed by atoms with E-state index in [0.717, 1.165) is 11.4 Å². The van der Waals surface area contributed by atoms with Crippen molar-refractivity contribution in [1.29, 1.82) is 0 Å². The summed E-state index contributed by atoms with van der Waals surface area (Å²) in [7, 11) is 0. The fourth-order valence-corrected chi connectivity index (χ4v) is 1.33. The van der Waals surface area contributed by atoms with E-state index in [1.165, 1.54) is 0 Å². The van der Waals surface area contributed by atoms with Crippen molar-refractivity contribution < 1.29 is 5.11 Å². The molecule has 4 N–H and O–H groups in total. The molecule has 82 valence electrons. The van der Waals surface area contributed by atoms with E-state index in [0.29, 0.717) is 5.69 Å². The van der Waals surface area contributed by atoms with Crippen LogP contribution in [0, 0.1) is 6.92 Å². The van der Waals surface area contributed by atoms with E-state index in [1.807, 2.05) is 13.0 Å². The predicted octanol–water partition coefficient (Wildman–Crippen LogP) is 1.82. The summed E-state index contributed by atoms with van der Waals surface area (Å²) in [5, 5.41) is 12.6. The monoisotopic (exact) mass is 216 g/mol. The minimum absolute atomic E-state index is 0.179. The number of nitrogens with two attached hydrogens (primary N) is 1. The molecule has 5 nitrogen and oxygen atoms in total. The lowest BCUT2D eigenvalue weighted by Crippen LogP contribution is -2.01. The van der Waals surface area contributed by atoms with Crippen LogP contribution in [0.25, 0.3) is 0 Å². The largest absolute Gasteiger partial charge is 0.506 e. The van der Waals surface area contributed by atoms with Crippen LogP contribution in [0.5, 0.6) is 5.75 Å². The van der Waals surface area contributed by atoms with Crippen LogP contribution in [0.15, 0.2) is 30.5 Å². The van der Waals surface area contributed by atoms with Crippen LogP contribution in [0.1, 0.15) is 5.69 Å². The number of aromatic hydroxyl groups is 1. The molecule has 0 radical (unpaired) electrons. The van der Waals surface area contributed by atoms with Crippen molar-refractivity contribution >= 4 is 17.3 Å². The van der Waals surface area contributed by atoms with Gasteiger partial charge >= 0.3 is 0 Å². The number of anilines is 3. The number of hydrogen-bond acceptors (Lipinski definition) is 5. The first-order valence-electron chi connectivity index (χ1n) is 4.81. The van der Waals surface area contributed by atoms with Gasteiger partial charge in [-0.05, 0) is 19.1 Å². The summed E-state index contributed by atoms with van der Waals surface area (Å²) in [5.74, 6) is 0.416. The molecule has 2 aromatic rings. The zero-order chi connectivity index (χ0) is 11.5. The molecular weight excluding hydrogens is 204 g/mol. The van der Waals surface area contributed by atoms with Gasteiger partial charge in [0.05, 0.1) is 23.3 Å². The topological polar surface area (TPSA) is 84.1 Å². The summed E-state index contributed by atoms with van der Waals surface area (Å²) in [4.78, 5) is 7.91. The lowest BCUT2D eigenvalue weighted by atomic mass is 10.2. The molecule has 1 aromatic carbocycles. The molecule has 0 aliphatic heterocycles. The maximum absolute atomic E-state index is 9.59. The first kappa shape index (κ1) is 10.2. The summed E-state index contributed by atoms with van der Waals surface area (Å²) < 4.78 is 0. The van der Waals surface area contributed by atoms with Gasteiger partial charge in [0.25, 0.3) is 0 Å². The molecule has 1 heterocycles. The number of nitrogens with one attached hydrogen (secondary N) is 1. The van der Waals surface area contributed by atoms with Crippen LogP contribution < -0.4 is 11.1 Å². The third-order valence-electron chi connectivity index (χ3n) is 2.17. The number of phenols is 1. The molecule has 0 saturated carbocycles. The number of aryl methyl sites for hydroxylation is 1. The van der Waals surface area contributed by atoms with Crippen LogP contribution in [0.2, 0.25) is 0 Å². The smallest absolute Gasteiger partial charge is 0.220 e. The normalized spacial score (nSPS) is 10.1. The fourth-order valence-electron chi connectivity index (χ4n) is 1.33. The Balaban J connectivity index is 2.31. The van der Waals surface area contributed by atoms with E-state index >= 15 is 0 Å². The van der Waals surface area contributed by atoms with Gasteiger partial charge in [0.15, 0.2) is 0 Å². The van der Waals surface area contributed by atoms with E-state index in [2.05, 4.69) is 15.3 Å². The average molecular weight is 216 g/mol. The summed E-state index contributed by atoms with van der Waals surface area (Å²) in [6.45, 7) is 1.82. The Morgan fingerprint density at radius 2 is 2.00 bits per heavy atom. The number of nitrogen functional groups attached to an aromatic ring is 1. The Morgan fingerprint density at radius 3 is 2.69 bits per heavy atom. The zero-order valence-corrected chi connectivity index (χ0v) is 8.81. The molecule has 0 fully saturated rings.